The van der Waals surface area contributed by atoms with E-state index >= 15 is 0 Å². The van der Waals surface area contributed by atoms with Gasteiger partial charge in [-0.3, -0.25) is 0 Å². The molecule has 102 valence electrons. The number of hydrogen-bond donors (Lipinski definition) is 1. The highest BCUT2D eigenvalue weighted by atomic mass is 32.2. The molecule has 0 radical (unpaired) electrons. The Bertz CT molecular complexity index is 341. The van der Waals surface area contributed by atoms with Crippen LogP contribution in [0.4, 0.5) is 0 Å². The van der Waals surface area contributed by atoms with Crippen molar-refractivity contribution in [3.05, 3.63) is 0 Å². The van der Waals surface area contributed by atoms with Gasteiger partial charge in [-0.2, -0.15) is 4.31 Å². The first-order valence-electron chi connectivity index (χ1n) is 6.15. The van der Waals surface area contributed by atoms with Crippen LogP contribution in [0.25, 0.3) is 0 Å². The summed E-state index contributed by atoms with van der Waals surface area (Å²) >= 11 is 0. The number of morpholine rings is 1. The molecule has 6 heteroatoms. The number of rotatable bonds is 5. The molecule has 1 aliphatic rings. The first-order chi connectivity index (χ1) is 7.83. The molecule has 0 aromatic heterocycles. The molecule has 0 spiro atoms. The quantitative estimate of drug-likeness (QED) is 0.787. The molecule has 1 aliphatic heterocycles. The molecule has 1 atom stereocenters. The molecule has 2 N–H and O–H groups in total. The maximum absolute atomic E-state index is 12.3. The van der Waals surface area contributed by atoms with Crippen LogP contribution < -0.4 is 5.73 Å². The van der Waals surface area contributed by atoms with E-state index < -0.39 is 15.6 Å². The van der Waals surface area contributed by atoms with Gasteiger partial charge in [-0.15, -0.1) is 0 Å². The maximum atomic E-state index is 12.3. The second-order valence-corrected chi connectivity index (χ2v) is 7.19. The fourth-order valence-electron chi connectivity index (χ4n) is 1.95. The molecule has 1 unspecified atom stereocenters. The van der Waals surface area contributed by atoms with Gasteiger partial charge in [0.05, 0.1) is 24.0 Å². The molecule has 0 aromatic carbocycles. The molecule has 1 rings (SSSR count). The van der Waals surface area contributed by atoms with Crippen molar-refractivity contribution in [2.24, 2.45) is 5.73 Å². The monoisotopic (exact) mass is 264 g/mol. The minimum Gasteiger partial charge on any atom is -0.374 e. The number of ether oxygens (including phenoxy) is 1. The third-order valence-electron chi connectivity index (χ3n) is 3.07. The van der Waals surface area contributed by atoms with Crippen molar-refractivity contribution in [1.82, 2.24) is 4.31 Å². The Balaban J connectivity index is 2.83. The lowest BCUT2D eigenvalue weighted by Crippen LogP contribution is -2.59. The van der Waals surface area contributed by atoms with Gasteiger partial charge in [-0.25, -0.2) is 8.42 Å². The molecule has 1 heterocycles. The predicted molar refractivity (Wildman–Crippen MR) is 68.3 cm³/mol. The van der Waals surface area contributed by atoms with Crippen LogP contribution in [0.1, 0.15) is 33.6 Å². The molecule has 1 fully saturated rings. The van der Waals surface area contributed by atoms with E-state index in [1.54, 1.807) is 4.31 Å². The summed E-state index contributed by atoms with van der Waals surface area (Å²) in [5.74, 6) is 0.213. The predicted octanol–water partition coefficient (Wildman–Crippen LogP) is 0.554. The fraction of sp³-hybridized carbons (Fsp3) is 1.00. The molecule has 17 heavy (non-hydrogen) atoms. The number of sulfonamides is 1. The van der Waals surface area contributed by atoms with E-state index in [1.807, 2.05) is 20.8 Å². The first kappa shape index (κ1) is 14.9. The van der Waals surface area contributed by atoms with Crippen molar-refractivity contribution in [1.29, 1.82) is 0 Å². The molecular weight excluding hydrogens is 240 g/mol. The summed E-state index contributed by atoms with van der Waals surface area (Å²) in [7, 11) is -3.20. The van der Waals surface area contributed by atoms with E-state index in [9.17, 15) is 8.42 Å². The number of unbranched alkanes of at least 4 members (excludes halogenated alkanes) is 1. The Hall–Kier alpha value is -0.170. The van der Waals surface area contributed by atoms with Gasteiger partial charge in [0.25, 0.3) is 0 Å². The molecule has 1 saturated heterocycles. The highest BCUT2D eigenvalue weighted by Crippen LogP contribution is 2.25. The van der Waals surface area contributed by atoms with Crippen molar-refractivity contribution in [2.75, 3.05) is 25.4 Å². The Morgan fingerprint density at radius 2 is 2.12 bits per heavy atom. The van der Waals surface area contributed by atoms with E-state index in [0.717, 1.165) is 6.42 Å². The van der Waals surface area contributed by atoms with Crippen molar-refractivity contribution in [3.8, 4) is 0 Å². The van der Waals surface area contributed by atoms with Crippen molar-refractivity contribution >= 4 is 10.0 Å². The van der Waals surface area contributed by atoms with Gasteiger partial charge in [0.2, 0.25) is 10.0 Å². The number of hydrogen-bond acceptors (Lipinski definition) is 4. The molecular formula is C11H24N2O3S. The van der Waals surface area contributed by atoms with E-state index in [1.165, 1.54) is 0 Å². The Kier molecular flexibility index (Phi) is 4.95. The zero-order chi connectivity index (χ0) is 13.1. The highest BCUT2D eigenvalue weighted by Gasteiger charge is 2.41. The number of nitrogens with zero attached hydrogens (tertiary/aromatic N) is 1. The maximum Gasteiger partial charge on any atom is 0.214 e. The topological polar surface area (TPSA) is 72.6 Å². The van der Waals surface area contributed by atoms with Crippen LogP contribution in [-0.2, 0) is 14.8 Å². The molecule has 0 saturated carbocycles. The average molecular weight is 264 g/mol. The minimum absolute atomic E-state index is 0.181. The van der Waals surface area contributed by atoms with Gasteiger partial charge in [0.15, 0.2) is 0 Å². The first-order valence-corrected chi connectivity index (χ1v) is 7.76. The lowest BCUT2D eigenvalue weighted by Gasteiger charge is -2.43. The summed E-state index contributed by atoms with van der Waals surface area (Å²) in [4.78, 5) is 0. The zero-order valence-corrected chi connectivity index (χ0v) is 11.8. The Morgan fingerprint density at radius 1 is 1.47 bits per heavy atom. The molecule has 0 bridgehead atoms. The van der Waals surface area contributed by atoms with Gasteiger partial charge in [-0.05, 0) is 20.3 Å². The molecule has 0 amide bonds. The second-order valence-electron chi connectivity index (χ2n) is 5.18. The van der Waals surface area contributed by atoms with Gasteiger partial charge in [0.1, 0.15) is 0 Å². The normalized spacial score (nSPS) is 26.0. The second kappa shape index (κ2) is 5.65. The third-order valence-corrected chi connectivity index (χ3v) is 5.19. The van der Waals surface area contributed by atoms with E-state index in [4.69, 9.17) is 10.5 Å². The molecule has 0 aromatic rings. The largest absolute Gasteiger partial charge is 0.374 e. The van der Waals surface area contributed by atoms with Crippen LogP contribution in [0.5, 0.6) is 0 Å². The standard InChI is InChI=1S/C11H24N2O3S/c1-4-5-6-17(14,15)13-8-10(7-12)16-9-11(13,2)3/h10H,4-9,12H2,1-3H3. The summed E-state index contributed by atoms with van der Waals surface area (Å²) in [6.45, 7) is 6.90. The highest BCUT2D eigenvalue weighted by molar-refractivity contribution is 7.89. The van der Waals surface area contributed by atoms with Gasteiger partial charge in [0, 0.05) is 13.1 Å². The number of nitrogens with two attached hydrogens (primary N) is 1. The van der Waals surface area contributed by atoms with Crippen LogP contribution in [0.3, 0.4) is 0 Å². The summed E-state index contributed by atoms with van der Waals surface area (Å²) in [5, 5.41) is 0. The Morgan fingerprint density at radius 3 is 2.65 bits per heavy atom. The van der Waals surface area contributed by atoms with Crippen molar-refractivity contribution in [2.45, 2.75) is 45.3 Å². The van der Waals surface area contributed by atoms with Gasteiger partial charge < -0.3 is 10.5 Å². The SMILES string of the molecule is CCCCS(=O)(=O)N1CC(CN)OCC1(C)C. The summed E-state index contributed by atoms with van der Waals surface area (Å²) in [5.41, 5.74) is 5.08. The summed E-state index contributed by atoms with van der Waals surface area (Å²) in [6.07, 6.45) is 1.40. The van der Waals surface area contributed by atoms with Crippen molar-refractivity contribution < 1.29 is 13.2 Å². The summed E-state index contributed by atoms with van der Waals surface area (Å²) < 4.78 is 31.6. The molecule has 0 aliphatic carbocycles. The van der Waals surface area contributed by atoms with Crippen LogP contribution in [0, 0.1) is 0 Å². The Labute approximate surface area is 104 Å². The van der Waals surface area contributed by atoms with Crippen LogP contribution >= 0.6 is 0 Å². The minimum atomic E-state index is -3.20. The summed E-state index contributed by atoms with van der Waals surface area (Å²) in [6, 6.07) is 0. The fourth-order valence-corrected chi connectivity index (χ4v) is 4.02. The van der Waals surface area contributed by atoms with E-state index in [2.05, 4.69) is 0 Å². The third kappa shape index (κ3) is 3.64. The van der Waals surface area contributed by atoms with Gasteiger partial charge >= 0.3 is 0 Å². The zero-order valence-electron chi connectivity index (χ0n) is 11.0. The van der Waals surface area contributed by atoms with Gasteiger partial charge in [-0.1, -0.05) is 13.3 Å². The average Bonchev–Trinajstić information content (AvgIpc) is 2.26. The smallest absolute Gasteiger partial charge is 0.214 e. The van der Waals surface area contributed by atoms with Crippen LogP contribution in [-0.4, -0.2) is 49.8 Å². The van der Waals surface area contributed by atoms with Crippen molar-refractivity contribution in [3.63, 3.8) is 0 Å². The van der Waals surface area contributed by atoms with Crippen LogP contribution in [0.2, 0.25) is 0 Å². The molecule has 5 nitrogen and oxygen atoms in total. The van der Waals surface area contributed by atoms with E-state index in [-0.39, 0.29) is 11.9 Å². The van der Waals surface area contributed by atoms with E-state index in [0.29, 0.717) is 26.1 Å². The lowest BCUT2D eigenvalue weighted by molar-refractivity contribution is -0.0590. The van der Waals surface area contributed by atoms with Crippen LogP contribution in [0.15, 0.2) is 0 Å². The lowest BCUT2D eigenvalue weighted by atomic mass is 10.0.